The summed E-state index contributed by atoms with van der Waals surface area (Å²) in [5.74, 6) is 0.863. The predicted molar refractivity (Wildman–Crippen MR) is 69.2 cm³/mol. The summed E-state index contributed by atoms with van der Waals surface area (Å²) in [6.07, 6.45) is 0. The van der Waals surface area contributed by atoms with E-state index < -0.39 is 0 Å². The van der Waals surface area contributed by atoms with Gasteiger partial charge in [-0.3, -0.25) is 0 Å². The smallest absolute Gasteiger partial charge is 0.124 e. The molecule has 0 radical (unpaired) electrons. The van der Waals surface area contributed by atoms with Gasteiger partial charge in [-0.05, 0) is 24.6 Å². The highest BCUT2D eigenvalue weighted by atomic mass is 16.5. The van der Waals surface area contributed by atoms with Crippen LogP contribution in [0.15, 0.2) is 18.2 Å². The van der Waals surface area contributed by atoms with E-state index in [1.54, 1.807) is 14.2 Å². The molecule has 3 N–H and O–H groups in total. The molecule has 0 heterocycles. The summed E-state index contributed by atoms with van der Waals surface area (Å²) in [6.45, 7) is 4.13. The van der Waals surface area contributed by atoms with Crippen LogP contribution in [0.4, 0.5) is 0 Å². The molecule has 4 heteroatoms. The monoisotopic (exact) mass is 238 g/mol. The van der Waals surface area contributed by atoms with Crippen LogP contribution in [0, 0.1) is 0 Å². The van der Waals surface area contributed by atoms with Gasteiger partial charge in [0.1, 0.15) is 5.75 Å². The first-order valence-corrected chi connectivity index (χ1v) is 5.82. The largest absolute Gasteiger partial charge is 0.496 e. The first kappa shape index (κ1) is 14.0. The third-order valence-corrected chi connectivity index (χ3v) is 2.70. The van der Waals surface area contributed by atoms with E-state index in [0.717, 1.165) is 17.9 Å². The molecule has 1 aromatic carbocycles. The van der Waals surface area contributed by atoms with Crippen LogP contribution in [0.1, 0.15) is 24.1 Å². The zero-order chi connectivity index (χ0) is 12.7. The Morgan fingerprint density at radius 3 is 2.71 bits per heavy atom. The van der Waals surface area contributed by atoms with Crippen molar-refractivity contribution in [2.24, 2.45) is 5.73 Å². The van der Waals surface area contributed by atoms with E-state index in [1.165, 1.54) is 5.56 Å². The van der Waals surface area contributed by atoms with Crippen molar-refractivity contribution >= 4 is 0 Å². The lowest BCUT2D eigenvalue weighted by atomic mass is 10.0. The fraction of sp³-hybridized carbons (Fsp3) is 0.538. The molecule has 0 spiro atoms. The van der Waals surface area contributed by atoms with E-state index in [2.05, 4.69) is 24.4 Å². The van der Waals surface area contributed by atoms with Gasteiger partial charge in [-0.25, -0.2) is 0 Å². The molecule has 0 saturated heterocycles. The highest BCUT2D eigenvalue weighted by Gasteiger charge is 2.08. The number of rotatable bonds is 7. The lowest BCUT2D eigenvalue weighted by Crippen LogP contribution is -2.25. The van der Waals surface area contributed by atoms with Gasteiger partial charge in [0.25, 0.3) is 0 Å². The van der Waals surface area contributed by atoms with E-state index in [-0.39, 0.29) is 6.04 Å². The second kappa shape index (κ2) is 7.27. The number of benzene rings is 1. The van der Waals surface area contributed by atoms with Gasteiger partial charge >= 0.3 is 0 Å². The van der Waals surface area contributed by atoms with Gasteiger partial charge in [0, 0.05) is 31.8 Å². The van der Waals surface area contributed by atoms with Crippen molar-refractivity contribution in [2.75, 3.05) is 27.3 Å². The number of hydrogen-bond donors (Lipinski definition) is 2. The first-order chi connectivity index (χ1) is 8.22. The Hall–Kier alpha value is -1.10. The van der Waals surface area contributed by atoms with Crippen molar-refractivity contribution in [3.05, 3.63) is 29.3 Å². The van der Waals surface area contributed by atoms with Crippen LogP contribution in [0.2, 0.25) is 0 Å². The molecule has 4 nitrogen and oxygen atoms in total. The Bertz CT molecular complexity index is 342. The Kier molecular flexibility index (Phi) is 5.97. The van der Waals surface area contributed by atoms with Gasteiger partial charge in [0.05, 0.1) is 13.7 Å². The van der Waals surface area contributed by atoms with Crippen LogP contribution in [-0.2, 0) is 11.3 Å². The van der Waals surface area contributed by atoms with Crippen LogP contribution in [0.25, 0.3) is 0 Å². The van der Waals surface area contributed by atoms with Crippen LogP contribution in [0.5, 0.6) is 5.75 Å². The van der Waals surface area contributed by atoms with Crippen molar-refractivity contribution in [1.82, 2.24) is 5.32 Å². The minimum Gasteiger partial charge on any atom is -0.496 e. The second-order valence-corrected chi connectivity index (χ2v) is 3.97. The van der Waals surface area contributed by atoms with Crippen molar-refractivity contribution in [3.63, 3.8) is 0 Å². The summed E-state index contributed by atoms with van der Waals surface area (Å²) in [6, 6.07) is 6.42. The minimum atomic E-state index is 0.278. The van der Waals surface area contributed by atoms with Gasteiger partial charge in [-0.15, -0.1) is 0 Å². The van der Waals surface area contributed by atoms with Gasteiger partial charge in [-0.1, -0.05) is 6.07 Å². The van der Waals surface area contributed by atoms with Crippen LogP contribution in [-0.4, -0.2) is 27.3 Å². The van der Waals surface area contributed by atoms with Crippen LogP contribution >= 0.6 is 0 Å². The Morgan fingerprint density at radius 2 is 2.12 bits per heavy atom. The van der Waals surface area contributed by atoms with E-state index in [1.807, 2.05) is 6.07 Å². The molecule has 0 aliphatic carbocycles. The van der Waals surface area contributed by atoms with Gasteiger partial charge in [0.15, 0.2) is 0 Å². The van der Waals surface area contributed by atoms with E-state index in [0.29, 0.717) is 13.2 Å². The Morgan fingerprint density at radius 1 is 1.35 bits per heavy atom. The molecule has 0 fully saturated rings. The fourth-order valence-corrected chi connectivity index (χ4v) is 1.75. The number of hydrogen-bond acceptors (Lipinski definition) is 4. The average Bonchev–Trinajstić information content (AvgIpc) is 2.36. The van der Waals surface area contributed by atoms with Crippen molar-refractivity contribution in [2.45, 2.75) is 19.6 Å². The Balaban J connectivity index is 2.83. The summed E-state index contributed by atoms with van der Waals surface area (Å²) in [7, 11) is 3.35. The highest BCUT2D eigenvalue weighted by molar-refractivity contribution is 5.38. The van der Waals surface area contributed by atoms with Crippen molar-refractivity contribution < 1.29 is 9.47 Å². The maximum absolute atomic E-state index is 5.48. The maximum Gasteiger partial charge on any atom is 0.124 e. The minimum absolute atomic E-state index is 0.278. The SMILES string of the molecule is COCc1cc(C(C)NCCN)ccc1OC. The molecule has 1 aromatic rings. The number of nitrogens with one attached hydrogen (secondary N) is 1. The number of nitrogens with two attached hydrogens (primary N) is 1. The molecular formula is C13H22N2O2. The zero-order valence-electron chi connectivity index (χ0n) is 10.8. The summed E-state index contributed by atoms with van der Waals surface area (Å²) in [5, 5.41) is 3.35. The third-order valence-electron chi connectivity index (χ3n) is 2.70. The quantitative estimate of drug-likeness (QED) is 0.755. The van der Waals surface area contributed by atoms with Crippen molar-refractivity contribution in [1.29, 1.82) is 0 Å². The van der Waals surface area contributed by atoms with E-state index >= 15 is 0 Å². The molecular weight excluding hydrogens is 216 g/mol. The summed E-state index contributed by atoms with van der Waals surface area (Å²) >= 11 is 0. The van der Waals surface area contributed by atoms with Gasteiger partial charge in [0.2, 0.25) is 0 Å². The highest BCUT2D eigenvalue weighted by Crippen LogP contribution is 2.23. The molecule has 1 rings (SSSR count). The standard InChI is InChI=1S/C13H22N2O2/c1-10(15-7-6-14)11-4-5-13(17-3)12(8-11)9-16-2/h4-5,8,10,15H,6-7,9,14H2,1-3H3. The summed E-state index contributed by atoms with van der Waals surface area (Å²) in [4.78, 5) is 0. The average molecular weight is 238 g/mol. The fourth-order valence-electron chi connectivity index (χ4n) is 1.75. The number of ether oxygens (including phenoxy) is 2. The molecule has 0 aliphatic rings. The number of methoxy groups -OCH3 is 2. The molecule has 17 heavy (non-hydrogen) atoms. The van der Waals surface area contributed by atoms with E-state index in [4.69, 9.17) is 15.2 Å². The van der Waals surface area contributed by atoms with Crippen molar-refractivity contribution in [3.8, 4) is 5.75 Å². The zero-order valence-corrected chi connectivity index (χ0v) is 10.8. The van der Waals surface area contributed by atoms with Gasteiger partial charge in [-0.2, -0.15) is 0 Å². The normalized spacial score (nSPS) is 12.5. The van der Waals surface area contributed by atoms with Crippen LogP contribution in [0.3, 0.4) is 0 Å². The van der Waals surface area contributed by atoms with E-state index in [9.17, 15) is 0 Å². The first-order valence-electron chi connectivity index (χ1n) is 5.82. The Labute approximate surface area is 103 Å². The third kappa shape index (κ3) is 4.00. The topological polar surface area (TPSA) is 56.5 Å². The molecule has 96 valence electrons. The lowest BCUT2D eigenvalue weighted by Gasteiger charge is -2.16. The maximum atomic E-state index is 5.48. The van der Waals surface area contributed by atoms with Gasteiger partial charge < -0.3 is 20.5 Å². The molecule has 1 unspecified atom stereocenters. The predicted octanol–water partition coefficient (Wildman–Crippen LogP) is 1.45. The molecule has 0 aliphatic heterocycles. The molecule has 0 bridgehead atoms. The molecule has 0 aromatic heterocycles. The summed E-state index contributed by atoms with van der Waals surface area (Å²) < 4.78 is 10.5. The lowest BCUT2D eigenvalue weighted by molar-refractivity contribution is 0.181. The molecule has 0 saturated carbocycles. The summed E-state index contributed by atoms with van der Waals surface area (Å²) in [5.41, 5.74) is 7.75. The van der Waals surface area contributed by atoms with Crippen LogP contribution < -0.4 is 15.8 Å². The molecule has 0 amide bonds. The molecule has 1 atom stereocenters. The second-order valence-electron chi connectivity index (χ2n) is 3.97.